The van der Waals surface area contributed by atoms with Crippen molar-refractivity contribution in [2.24, 2.45) is 0 Å². The molecule has 132 valence electrons. The lowest BCUT2D eigenvalue weighted by Crippen LogP contribution is -3.13. The predicted octanol–water partition coefficient (Wildman–Crippen LogP) is 2.21. The molecule has 2 aromatic carbocycles. The van der Waals surface area contributed by atoms with E-state index in [-0.39, 0.29) is 11.7 Å². The zero-order chi connectivity index (χ0) is 17.8. The standard InChI is InChI=1S/C19H21F2N3O/c1-14-4-2-3-5-15(14)13-23-8-10-24(11-9-23)19(25)22-18-7-6-16(20)12-17(18)21/h2-7,12H,8-11,13H2,1H3,(H,22,25)/p+1. The number of amides is 2. The molecule has 25 heavy (non-hydrogen) atoms. The van der Waals surface area contributed by atoms with E-state index < -0.39 is 11.6 Å². The molecule has 3 rings (SSSR count). The van der Waals surface area contributed by atoms with E-state index in [1.165, 1.54) is 22.1 Å². The Labute approximate surface area is 146 Å². The summed E-state index contributed by atoms with van der Waals surface area (Å²) in [5.74, 6) is -1.43. The molecular formula is C19H22F2N3O+. The number of hydrogen-bond acceptors (Lipinski definition) is 1. The van der Waals surface area contributed by atoms with Crippen molar-refractivity contribution in [1.82, 2.24) is 4.90 Å². The predicted molar refractivity (Wildman–Crippen MR) is 92.5 cm³/mol. The molecule has 2 amide bonds. The maximum absolute atomic E-state index is 13.6. The zero-order valence-electron chi connectivity index (χ0n) is 14.2. The van der Waals surface area contributed by atoms with E-state index in [1.54, 1.807) is 4.90 Å². The molecule has 0 radical (unpaired) electrons. The highest BCUT2D eigenvalue weighted by atomic mass is 19.1. The third-order valence-corrected chi connectivity index (χ3v) is 4.63. The zero-order valence-corrected chi connectivity index (χ0v) is 14.2. The van der Waals surface area contributed by atoms with E-state index in [0.717, 1.165) is 31.8 Å². The first-order chi connectivity index (χ1) is 12.0. The van der Waals surface area contributed by atoms with Crippen molar-refractivity contribution in [2.45, 2.75) is 13.5 Å². The first-order valence-corrected chi connectivity index (χ1v) is 8.42. The fourth-order valence-electron chi connectivity index (χ4n) is 3.07. The van der Waals surface area contributed by atoms with Crippen LogP contribution in [-0.2, 0) is 6.54 Å². The van der Waals surface area contributed by atoms with Gasteiger partial charge in [-0.25, -0.2) is 13.6 Å². The Morgan fingerprint density at radius 2 is 1.88 bits per heavy atom. The summed E-state index contributed by atoms with van der Waals surface area (Å²) in [4.78, 5) is 15.4. The van der Waals surface area contributed by atoms with Gasteiger partial charge in [-0.2, -0.15) is 0 Å². The normalized spacial score (nSPS) is 15.2. The Kier molecular flexibility index (Phi) is 5.28. The van der Waals surface area contributed by atoms with Gasteiger partial charge >= 0.3 is 6.03 Å². The fourth-order valence-corrected chi connectivity index (χ4v) is 3.07. The highest BCUT2D eigenvalue weighted by Gasteiger charge is 2.24. The molecule has 0 aromatic heterocycles. The Hall–Kier alpha value is -2.47. The van der Waals surface area contributed by atoms with E-state index in [2.05, 4.69) is 24.4 Å². The van der Waals surface area contributed by atoms with Crippen LogP contribution in [0.15, 0.2) is 42.5 Å². The van der Waals surface area contributed by atoms with Crippen molar-refractivity contribution in [3.63, 3.8) is 0 Å². The van der Waals surface area contributed by atoms with E-state index in [1.807, 2.05) is 12.1 Å². The fraction of sp³-hybridized carbons (Fsp3) is 0.316. The van der Waals surface area contributed by atoms with Gasteiger partial charge in [0, 0.05) is 11.6 Å². The molecule has 1 heterocycles. The van der Waals surface area contributed by atoms with Crippen molar-refractivity contribution in [3.05, 3.63) is 65.2 Å². The first-order valence-electron chi connectivity index (χ1n) is 8.42. The molecule has 4 nitrogen and oxygen atoms in total. The van der Waals surface area contributed by atoms with E-state index >= 15 is 0 Å². The molecule has 0 aliphatic carbocycles. The van der Waals surface area contributed by atoms with Crippen LogP contribution in [0.4, 0.5) is 19.3 Å². The van der Waals surface area contributed by atoms with Crippen LogP contribution in [-0.4, -0.2) is 37.1 Å². The van der Waals surface area contributed by atoms with Crippen LogP contribution in [0, 0.1) is 18.6 Å². The van der Waals surface area contributed by atoms with E-state index in [0.29, 0.717) is 13.1 Å². The molecular weight excluding hydrogens is 324 g/mol. The van der Waals surface area contributed by atoms with Gasteiger partial charge in [-0.3, -0.25) is 0 Å². The molecule has 0 bridgehead atoms. The number of nitrogens with one attached hydrogen (secondary N) is 2. The number of urea groups is 1. The Bertz CT molecular complexity index is 758. The summed E-state index contributed by atoms with van der Waals surface area (Å²) in [6.45, 7) is 5.94. The summed E-state index contributed by atoms with van der Waals surface area (Å²) in [5.41, 5.74) is 2.60. The van der Waals surface area contributed by atoms with Crippen molar-refractivity contribution in [3.8, 4) is 0 Å². The number of piperazine rings is 1. The summed E-state index contributed by atoms with van der Waals surface area (Å²) < 4.78 is 26.6. The molecule has 0 unspecified atom stereocenters. The van der Waals surface area contributed by atoms with Crippen LogP contribution < -0.4 is 10.2 Å². The number of quaternary nitrogens is 1. The monoisotopic (exact) mass is 346 g/mol. The quantitative estimate of drug-likeness (QED) is 0.878. The Morgan fingerprint density at radius 3 is 2.56 bits per heavy atom. The highest BCUT2D eigenvalue weighted by molar-refractivity contribution is 5.89. The van der Waals surface area contributed by atoms with E-state index in [4.69, 9.17) is 0 Å². The van der Waals surface area contributed by atoms with Gasteiger partial charge in [-0.1, -0.05) is 24.3 Å². The van der Waals surface area contributed by atoms with Crippen molar-refractivity contribution in [2.75, 3.05) is 31.5 Å². The van der Waals surface area contributed by atoms with Crippen molar-refractivity contribution in [1.29, 1.82) is 0 Å². The molecule has 1 saturated heterocycles. The average molecular weight is 346 g/mol. The van der Waals surface area contributed by atoms with Gasteiger partial charge in [0.2, 0.25) is 0 Å². The van der Waals surface area contributed by atoms with Gasteiger partial charge in [0.25, 0.3) is 0 Å². The number of halogens is 2. The van der Waals surface area contributed by atoms with Gasteiger partial charge in [-0.15, -0.1) is 0 Å². The first kappa shape index (κ1) is 17.4. The molecule has 1 aliphatic heterocycles. The minimum absolute atomic E-state index is 0.00101. The van der Waals surface area contributed by atoms with Crippen LogP contribution in [0.3, 0.4) is 0 Å². The lowest BCUT2D eigenvalue weighted by atomic mass is 10.1. The van der Waals surface area contributed by atoms with Crippen LogP contribution in [0.2, 0.25) is 0 Å². The van der Waals surface area contributed by atoms with Gasteiger partial charge < -0.3 is 15.1 Å². The van der Waals surface area contributed by atoms with Gasteiger partial charge in [0.15, 0.2) is 0 Å². The minimum atomic E-state index is -0.767. The Balaban J connectivity index is 1.53. The van der Waals surface area contributed by atoms with Gasteiger partial charge in [0.1, 0.15) is 18.2 Å². The minimum Gasteiger partial charge on any atom is -0.328 e. The second-order valence-electron chi connectivity index (χ2n) is 6.39. The number of hydrogen-bond donors (Lipinski definition) is 2. The molecule has 2 aromatic rings. The average Bonchev–Trinajstić information content (AvgIpc) is 2.60. The third kappa shape index (κ3) is 4.33. The lowest BCUT2D eigenvalue weighted by molar-refractivity contribution is -0.917. The molecule has 0 spiro atoms. The smallest absolute Gasteiger partial charge is 0.322 e. The number of benzene rings is 2. The lowest BCUT2D eigenvalue weighted by Gasteiger charge is -2.32. The summed E-state index contributed by atoms with van der Waals surface area (Å²) in [7, 11) is 0. The molecule has 0 saturated carbocycles. The van der Waals surface area contributed by atoms with Crippen LogP contribution >= 0.6 is 0 Å². The molecule has 6 heteroatoms. The second-order valence-corrected chi connectivity index (χ2v) is 6.39. The number of rotatable bonds is 3. The summed E-state index contributed by atoms with van der Waals surface area (Å²) in [6.07, 6.45) is 0. The number of carbonyl (C=O) groups excluding carboxylic acids is 1. The number of nitrogens with zero attached hydrogens (tertiary/aromatic N) is 1. The summed E-state index contributed by atoms with van der Waals surface area (Å²) in [6, 6.07) is 11.1. The second kappa shape index (κ2) is 7.61. The number of carbonyl (C=O) groups is 1. The van der Waals surface area contributed by atoms with Crippen molar-refractivity contribution < 1.29 is 18.5 Å². The largest absolute Gasteiger partial charge is 0.328 e. The van der Waals surface area contributed by atoms with E-state index in [9.17, 15) is 13.6 Å². The topological polar surface area (TPSA) is 36.8 Å². The molecule has 2 N–H and O–H groups in total. The van der Waals surface area contributed by atoms with Crippen LogP contribution in [0.1, 0.15) is 11.1 Å². The Morgan fingerprint density at radius 1 is 1.16 bits per heavy atom. The third-order valence-electron chi connectivity index (χ3n) is 4.63. The molecule has 1 fully saturated rings. The van der Waals surface area contributed by atoms with Crippen molar-refractivity contribution >= 4 is 11.7 Å². The van der Waals surface area contributed by atoms with Gasteiger partial charge in [0.05, 0.1) is 31.9 Å². The summed E-state index contributed by atoms with van der Waals surface area (Å²) in [5, 5.41) is 2.52. The van der Waals surface area contributed by atoms with Crippen LogP contribution in [0.25, 0.3) is 0 Å². The number of anilines is 1. The van der Waals surface area contributed by atoms with Gasteiger partial charge in [-0.05, 0) is 24.6 Å². The number of aryl methyl sites for hydroxylation is 1. The maximum Gasteiger partial charge on any atom is 0.322 e. The molecule has 0 atom stereocenters. The molecule has 1 aliphatic rings. The maximum atomic E-state index is 13.6. The summed E-state index contributed by atoms with van der Waals surface area (Å²) >= 11 is 0. The van der Waals surface area contributed by atoms with Crippen LogP contribution in [0.5, 0.6) is 0 Å². The highest BCUT2D eigenvalue weighted by Crippen LogP contribution is 2.15. The SMILES string of the molecule is Cc1ccccc1C[NH+]1CCN(C(=O)Nc2ccc(F)cc2F)CC1.